The van der Waals surface area contributed by atoms with Crippen LogP contribution in [0.25, 0.3) is 16.5 Å². The first-order valence-corrected chi connectivity index (χ1v) is 8.55. The van der Waals surface area contributed by atoms with Gasteiger partial charge in [-0.3, -0.25) is 4.79 Å². The predicted molar refractivity (Wildman–Crippen MR) is 101 cm³/mol. The van der Waals surface area contributed by atoms with Crippen molar-refractivity contribution in [3.63, 3.8) is 0 Å². The topological polar surface area (TPSA) is 50.1 Å². The number of carbonyl (C=O) groups is 1. The summed E-state index contributed by atoms with van der Waals surface area (Å²) >= 11 is 1.65. The Bertz CT molecular complexity index is 919. The summed E-state index contributed by atoms with van der Waals surface area (Å²) in [5.41, 5.74) is 1.76. The molecule has 0 radical (unpaired) electrons. The van der Waals surface area contributed by atoms with E-state index in [1.165, 1.54) is 10.4 Å². The van der Waals surface area contributed by atoms with Gasteiger partial charge >= 0.3 is 0 Å². The summed E-state index contributed by atoms with van der Waals surface area (Å²) in [7, 11) is 0. The number of carbonyl (C=O) groups excluding carboxylic acids is 1. The van der Waals surface area contributed by atoms with Crippen LogP contribution in [0.15, 0.2) is 72.8 Å². The lowest BCUT2D eigenvalue weighted by Crippen LogP contribution is -1.96. The molecule has 3 nitrogen and oxygen atoms in total. The molecule has 0 aliphatic carbocycles. The Balaban J connectivity index is 1.67. The van der Waals surface area contributed by atoms with E-state index in [9.17, 15) is 4.79 Å². The highest BCUT2D eigenvalue weighted by Gasteiger charge is 2.04. The van der Waals surface area contributed by atoms with Crippen LogP contribution in [0.4, 0.5) is 0 Å². The van der Waals surface area contributed by atoms with Gasteiger partial charge in [-0.1, -0.05) is 30.3 Å². The number of nitriles is 1. The van der Waals surface area contributed by atoms with Gasteiger partial charge in [0.15, 0.2) is 12.4 Å². The van der Waals surface area contributed by atoms with E-state index in [4.69, 9.17) is 10.00 Å². The van der Waals surface area contributed by atoms with Crippen molar-refractivity contribution in [2.24, 2.45) is 0 Å². The molecule has 0 amide bonds. The Labute approximate surface area is 150 Å². The van der Waals surface area contributed by atoms with Crippen molar-refractivity contribution < 1.29 is 9.53 Å². The molecule has 0 unspecified atom stereocenters. The average molecular weight is 345 g/mol. The fraction of sp³-hybridized carbons (Fsp3) is 0.0476. The number of hydrogen-bond donors (Lipinski definition) is 0. The Morgan fingerprint density at radius 3 is 2.52 bits per heavy atom. The van der Waals surface area contributed by atoms with E-state index in [1.54, 1.807) is 41.7 Å². The third-order valence-corrected chi connectivity index (χ3v) is 4.63. The molecule has 2 aromatic carbocycles. The molecule has 1 heterocycles. The first-order valence-electron chi connectivity index (χ1n) is 7.74. The Morgan fingerprint density at radius 2 is 1.80 bits per heavy atom. The molecule has 1 aromatic heterocycles. The molecular weight excluding hydrogens is 330 g/mol. The van der Waals surface area contributed by atoms with Crippen LogP contribution in [-0.4, -0.2) is 12.4 Å². The summed E-state index contributed by atoms with van der Waals surface area (Å²) in [6.07, 6.45) is 3.41. The molecule has 3 aromatic rings. The molecule has 3 rings (SSSR count). The first kappa shape index (κ1) is 16.7. The molecule has 0 saturated carbocycles. The van der Waals surface area contributed by atoms with Crippen LogP contribution in [0.5, 0.6) is 5.75 Å². The standard InChI is InChI=1S/C21H15NO2S/c22-14-15-24-18-8-6-16(7-9-18)20(23)12-10-19-11-13-21(25-19)17-4-2-1-3-5-17/h1-13H,15H2/b12-10+. The largest absolute Gasteiger partial charge is 0.479 e. The number of thiophene rings is 1. The summed E-state index contributed by atoms with van der Waals surface area (Å²) in [4.78, 5) is 14.4. The van der Waals surface area contributed by atoms with Gasteiger partial charge < -0.3 is 4.74 Å². The molecule has 0 fully saturated rings. The zero-order valence-corrected chi connectivity index (χ0v) is 14.2. The smallest absolute Gasteiger partial charge is 0.185 e. The van der Waals surface area contributed by atoms with Crippen LogP contribution in [0.2, 0.25) is 0 Å². The maximum absolute atomic E-state index is 12.2. The molecule has 0 bridgehead atoms. The second-order valence-corrected chi connectivity index (χ2v) is 6.35. The molecule has 122 valence electrons. The van der Waals surface area contributed by atoms with Gasteiger partial charge in [0.25, 0.3) is 0 Å². The second-order valence-electron chi connectivity index (χ2n) is 5.24. The lowest BCUT2D eigenvalue weighted by molar-refractivity contribution is 0.104. The SMILES string of the molecule is N#CCOc1ccc(C(=O)/C=C/c2ccc(-c3ccccc3)s2)cc1. The van der Waals surface area contributed by atoms with Crippen molar-refractivity contribution in [2.75, 3.05) is 6.61 Å². The summed E-state index contributed by atoms with van der Waals surface area (Å²) in [6.45, 7) is -0.00464. The van der Waals surface area contributed by atoms with Crippen molar-refractivity contribution >= 4 is 23.2 Å². The summed E-state index contributed by atoms with van der Waals surface area (Å²) < 4.78 is 5.18. The van der Waals surface area contributed by atoms with E-state index in [2.05, 4.69) is 18.2 Å². The molecule has 0 N–H and O–H groups in total. The second kappa shape index (κ2) is 8.09. The minimum Gasteiger partial charge on any atom is -0.479 e. The molecule has 25 heavy (non-hydrogen) atoms. The van der Waals surface area contributed by atoms with E-state index in [-0.39, 0.29) is 12.4 Å². The molecule has 0 spiro atoms. The maximum atomic E-state index is 12.2. The van der Waals surface area contributed by atoms with Gasteiger partial charge in [-0.25, -0.2) is 0 Å². The van der Waals surface area contributed by atoms with Crippen LogP contribution in [0, 0.1) is 11.3 Å². The number of nitrogens with zero attached hydrogens (tertiary/aromatic N) is 1. The normalized spacial score (nSPS) is 10.5. The Hall–Kier alpha value is -3.16. The third-order valence-electron chi connectivity index (χ3n) is 3.53. The quantitative estimate of drug-likeness (QED) is 0.455. The van der Waals surface area contributed by atoms with Crippen LogP contribution >= 0.6 is 11.3 Å². The lowest BCUT2D eigenvalue weighted by Gasteiger charge is -2.01. The monoisotopic (exact) mass is 345 g/mol. The minimum atomic E-state index is -0.0681. The van der Waals surface area contributed by atoms with E-state index in [0.717, 1.165) is 4.88 Å². The summed E-state index contributed by atoms with van der Waals surface area (Å²) in [5.74, 6) is 0.509. The van der Waals surface area contributed by atoms with Crippen molar-refractivity contribution in [1.29, 1.82) is 5.26 Å². The van der Waals surface area contributed by atoms with E-state index >= 15 is 0 Å². The first-order chi connectivity index (χ1) is 12.3. The number of allylic oxidation sites excluding steroid dienone is 1. The molecule has 0 atom stereocenters. The van der Waals surface area contributed by atoms with E-state index < -0.39 is 0 Å². The highest BCUT2D eigenvalue weighted by Crippen LogP contribution is 2.28. The number of hydrogen-bond acceptors (Lipinski definition) is 4. The van der Waals surface area contributed by atoms with Crippen molar-refractivity contribution in [3.05, 3.63) is 83.2 Å². The third kappa shape index (κ3) is 4.43. The minimum absolute atomic E-state index is 0.00464. The highest BCUT2D eigenvalue weighted by molar-refractivity contribution is 7.16. The highest BCUT2D eigenvalue weighted by atomic mass is 32.1. The van der Waals surface area contributed by atoms with Crippen LogP contribution in [-0.2, 0) is 0 Å². The molecule has 0 saturated heterocycles. The number of ketones is 1. The number of rotatable bonds is 6. The van der Waals surface area contributed by atoms with Crippen molar-refractivity contribution in [1.82, 2.24) is 0 Å². The zero-order chi connectivity index (χ0) is 17.5. The fourth-order valence-corrected chi connectivity index (χ4v) is 3.20. The molecular formula is C21H15NO2S. The average Bonchev–Trinajstić information content (AvgIpc) is 3.14. The fourth-order valence-electron chi connectivity index (χ4n) is 2.29. The van der Waals surface area contributed by atoms with Gasteiger partial charge in [0.2, 0.25) is 0 Å². The van der Waals surface area contributed by atoms with Gasteiger partial charge in [-0.2, -0.15) is 5.26 Å². The van der Waals surface area contributed by atoms with Crippen LogP contribution < -0.4 is 4.74 Å². The maximum Gasteiger partial charge on any atom is 0.185 e. The predicted octanol–water partition coefficient (Wildman–Crippen LogP) is 5.21. The summed E-state index contributed by atoms with van der Waals surface area (Å²) in [6, 6.07) is 22.9. The Kier molecular flexibility index (Phi) is 5.40. The number of benzene rings is 2. The van der Waals surface area contributed by atoms with Gasteiger partial charge in [0.05, 0.1) is 0 Å². The van der Waals surface area contributed by atoms with E-state index in [0.29, 0.717) is 11.3 Å². The molecule has 0 aliphatic heterocycles. The van der Waals surface area contributed by atoms with Gasteiger partial charge in [-0.05, 0) is 54.1 Å². The Morgan fingerprint density at radius 1 is 1.04 bits per heavy atom. The van der Waals surface area contributed by atoms with Gasteiger partial charge in [0, 0.05) is 15.3 Å². The summed E-state index contributed by atoms with van der Waals surface area (Å²) in [5, 5.41) is 8.49. The van der Waals surface area contributed by atoms with E-state index in [1.807, 2.05) is 36.4 Å². The molecule has 0 aliphatic rings. The van der Waals surface area contributed by atoms with Crippen LogP contribution in [0.3, 0.4) is 0 Å². The zero-order valence-electron chi connectivity index (χ0n) is 13.4. The van der Waals surface area contributed by atoms with Gasteiger partial charge in [-0.15, -0.1) is 11.3 Å². The van der Waals surface area contributed by atoms with Crippen LogP contribution in [0.1, 0.15) is 15.2 Å². The van der Waals surface area contributed by atoms with Crippen molar-refractivity contribution in [2.45, 2.75) is 0 Å². The lowest BCUT2D eigenvalue weighted by atomic mass is 10.1. The van der Waals surface area contributed by atoms with Crippen molar-refractivity contribution in [3.8, 4) is 22.3 Å². The molecule has 4 heteroatoms. The number of ether oxygens (including phenoxy) is 1. The van der Waals surface area contributed by atoms with Gasteiger partial charge in [0.1, 0.15) is 11.8 Å².